The van der Waals surface area contributed by atoms with Crippen LogP contribution in [0.1, 0.15) is 19.8 Å². The van der Waals surface area contributed by atoms with Crippen LogP contribution in [0.2, 0.25) is 0 Å². The number of hydrogen-bond donors (Lipinski definition) is 3. The number of ether oxygens (including phenoxy) is 1. The van der Waals surface area contributed by atoms with Gasteiger partial charge in [-0.25, -0.2) is 13.6 Å². The smallest absolute Gasteiger partial charge is 0.240 e. The van der Waals surface area contributed by atoms with E-state index in [0.29, 0.717) is 12.3 Å². The quantitative estimate of drug-likeness (QED) is 0.697. The molecule has 0 heterocycles. The molecule has 0 saturated heterocycles. The van der Waals surface area contributed by atoms with Gasteiger partial charge >= 0.3 is 0 Å². The number of anilines is 2. The van der Waals surface area contributed by atoms with Crippen molar-refractivity contribution in [1.82, 2.24) is 0 Å². The highest BCUT2D eigenvalue weighted by Crippen LogP contribution is 2.31. The standard InChI is InChI=1S/C12H19N3O3S/c1-2-18-9-6-8(7-9)15-10-4-3-5-11(12(10)13)19(14,16)17/h3-5,8-9,15H,2,6-7,13H2,1H3,(H2,14,16,17). The molecule has 0 unspecified atom stereocenters. The largest absolute Gasteiger partial charge is 0.396 e. The molecule has 0 aliphatic heterocycles. The zero-order chi connectivity index (χ0) is 14.0. The Morgan fingerprint density at radius 2 is 2.11 bits per heavy atom. The number of nitrogens with two attached hydrogens (primary N) is 2. The Morgan fingerprint density at radius 1 is 1.42 bits per heavy atom. The minimum absolute atomic E-state index is 0.0434. The van der Waals surface area contributed by atoms with Gasteiger partial charge in [-0.1, -0.05) is 6.07 Å². The van der Waals surface area contributed by atoms with Crippen molar-refractivity contribution in [3.05, 3.63) is 18.2 Å². The van der Waals surface area contributed by atoms with E-state index in [1.165, 1.54) is 6.07 Å². The fourth-order valence-corrected chi connectivity index (χ4v) is 2.88. The summed E-state index contributed by atoms with van der Waals surface area (Å²) >= 11 is 0. The van der Waals surface area contributed by atoms with Crippen LogP contribution in [0, 0.1) is 0 Å². The number of nitrogen functional groups attached to an aromatic ring is 1. The van der Waals surface area contributed by atoms with Crippen molar-refractivity contribution in [1.29, 1.82) is 0 Å². The molecular weight excluding hydrogens is 266 g/mol. The van der Waals surface area contributed by atoms with Gasteiger partial charge in [-0.05, 0) is 31.9 Å². The summed E-state index contributed by atoms with van der Waals surface area (Å²) in [5.41, 5.74) is 6.61. The molecule has 2 rings (SSSR count). The van der Waals surface area contributed by atoms with E-state index in [-0.39, 0.29) is 22.7 Å². The number of benzene rings is 1. The summed E-state index contributed by atoms with van der Waals surface area (Å²) in [5.74, 6) is 0. The molecule has 5 N–H and O–H groups in total. The Balaban J connectivity index is 2.07. The highest BCUT2D eigenvalue weighted by molar-refractivity contribution is 7.89. The molecule has 1 aromatic rings. The van der Waals surface area contributed by atoms with Crippen molar-refractivity contribution in [2.75, 3.05) is 17.7 Å². The summed E-state index contributed by atoms with van der Waals surface area (Å²) in [6.45, 7) is 2.68. The first-order chi connectivity index (χ1) is 8.91. The number of nitrogens with one attached hydrogen (secondary N) is 1. The molecule has 0 atom stereocenters. The van der Waals surface area contributed by atoms with Crippen molar-refractivity contribution in [3.8, 4) is 0 Å². The maximum atomic E-state index is 11.4. The maximum absolute atomic E-state index is 11.4. The predicted molar refractivity (Wildman–Crippen MR) is 74.3 cm³/mol. The van der Waals surface area contributed by atoms with Gasteiger partial charge in [-0.15, -0.1) is 0 Å². The second kappa shape index (κ2) is 5.36. The SMILES string of the molecule is CCOC1CC(Nc2cccc(S(N)(=O)=O)c2N)C1. The highest BCUT2D eigenvalue weighted by atomic mass is 32.2. The fourth-order valence-electron chi connectivity index (χ4n) is 2.19. The number of sulfonamides is 1. The normalized spacial score (nSPS) is 22.8. The van der Waals surface area contributed by atoms with Gasteiger partial charge in [0.05, 0.1) is 17.5 Å². The summed E-state index contributed by atoms with van der Waals surface area (Å²) in [6.07, 6.45) is 2.07. The molecule has 1 saturated carbocycles. The molecule has 19 heavy (non-hydrogen) atoms. The molecule has 6 nitrogen and oxygen atoms in total. The van der Waals surface area contributed by atoms with Crippen LogP contribution in [0.25, 0.3) is 0 Å². The van der Waals surface area contributed by atoms with E-state index < -0.39 is 10.0 Å². The molecule has 0 amide bonds. The molecular formula is C12H19N3O3S. The monoisotopic (exact) mass is 285 g/mol. The van der Waals surface area contributed by atoms with E-state index >= 15 is 0 Å². The van der Waals surface area contributed by atoms with Crippen LogP contribution in [0.15, 0.2) is 23.1 Å². The average molecular weight is 285 g/mol. The van der Waals surface area contributed by atoms with E-state index in [1.54, 1.807) is 12.1 Å². The van der Waals surface area contributed by atoms with Gasteiger partial charge < -0.3 is 15.8 Å². The summed E-state index contributed by atoms with van der Waals surface area (Å²) in [5, 5.41) is 8.33. The van der Waals surface area contributed by atoms with E-state index in [4.69, 9.17) is 15.6 Å². The third-order valence-electron chi connectivity index (χ3n) is 3.23. The first kappa shape index (κ1) is 14.1. The molecule has 0 spiro atoms. The van der Waals surface area contributed by atoms with Crippen LogP contribution in [0.3, 0.4) is 0 Å². The van der Waals surface area contributed by atoms with Crippen molar-refractivity contribution in [2.24, 2.45) is 5.14 Å². The lowest BCUT2D eigenvalue weighted by Crippen LogP contribution is -2.41. The van der Waals surface area contributed by atoms with Crippen LogP contribution in [0.5, 0.6) is 0 Å². The van der Waals surface area contributed by atoms with E-state index in [9.17, 15) is 8.42 Å². The van der Waals surface area contributed by atoms with Crippen LogP contribution < -0.4 is 16.2 Å². The summed E-state index contributed by atoms with van der Waals surface area (Å²) < 4.78 is 28.2. The zero-order valence-corrected chi connectivity index (χ0v) is 11.6. The lowest BCUT2D eigenvalue weighted by atomic mass is 9.89. The predicted octanol–water partition coefficient (Wildman–Crippen LogP) is 0.896. The fraction of sp³-hybridized carbons (Fsp3) is 0.500. The number of rotatable bonds is 5. The lowest BCUT2D eigenvalue weighted by Gasteiger charge is -2.36. The van der Waals surface area contributed by atoms with Gasteiger partial charge in [-0.3, -0.25) is 0 Å². The van der Waals surface area contributed by atoms with Gasteiger partial charge in [0, 0.05) is 12.6 Å². The Hall–Kier alpha value is -1.31. The maximum Gasteiger partial charge on any atom is 0.240 e. The minimum atomic E-state index is -3.79. The Labute approximate surface area is 113 Å². The molecule has 106 valence electrons. The molecule has 1 fully saturated rings. The lowest BCUT2D eigenvalue weighted by molar-refractivity contribution is 0.00300. The molecule has 0 aromatic heterocycles. The molecule has 7 heteroatoms. The minimum Gasteiger partial charge on any atom is -0.396 e. The second-order valence-electron chi connectivity index (χ2n) is 4.65. The third kappa shape index (κ3) is 3.17. The summed E-state index contributed by atoms with van der Waals surface area (Å²) in [6, 6.07) is 5.03. The van der Waals surface area contributed by atoms with Crippen LogP contribution in [-0.4, -0.2) is 27.2 Å². The van der Waals surface area contributed by atoms with E-state index in [2.05, 4.69) is 5.32 Å². The second-order valence-corrected chi connectivity index (χ2v) is 6.18. The first-order valence-corrected chi connectivity index (χ1v) is 7.76. The molecule has 1 aliphatic carbocycles. The Kier molecular flexibility index (Phi) is 3.98. The van der Waals surface area contributed by atoms with Crippen molar-refractivity contribution < 1.29 is 13.2 Å². The topological polar surface area (TPSA) is 107 Å². The molecule has 0 bridgehead atoms. The van der Waals surface area contributed by atoms with Crippen LogP contribution >= 0.6 is 0 Å². The number of primary sulfonamides is 1. The Morgan fingerprint density at radius 3 is 2.68 bits per heavy atom. The zero-order valence-electron chi connectivity index (χ0n) is 10.8. The van der Waals surface area contributed by atoms with Crippen molar-refractivity contribution >= 4 is 21.4 Å². The summed E-state index contributed by atoms with van der Waals surface area (Å²) in [4.78, 5) is -0.0434. The van der Waals surface area contributed by atoms with Gasteiger partial charge in [0.15, 0.2) is 0 Å². The first-order valence-electron chi connectivity index (χ1n) is 6.21. The average Bonchev–Trinajstić information content (AvgIpc) is 2.27. The number of hydrogen-bond acceptors (Lipinski definition) is 5. The Bertz CT molecular complexity index is 553. The third-order valence-corrected chi connectivity index (χ3v) is 4.20. The van der Waals surface area contributed by atoms with Crippen LogP contribution in [0.4, 0.5) is 11.4 Å². The van der Waals surface area contributed by atoms with Gasteiger partial charge in [0.2, 0.25) is 10.0 Å². The molecule has 1 aromatic carbocycles. The highest BCUT2D eigenvalue weighted by Gasteiger charge is 2.30. The van der Waals surface area contributed by atoms with Gasteiger partial charge in [-0.2, -0.15) is 0 Å². The van der Waals surface area contributed by atoms with E-state index in [0.717, 1.165) is 12.8 Å². The van der Waals surface area contributed by atoms with Gasteiger partial charge in [0.1, 0.15) is 4.90 Å². The summed E-state index contributed by atoms with van der Waals surface area (Å²) in [7, 11) is -3.79. The molecule has 1 aliphatic rings. The van der Waals surface area contributed by atoms with Crippen LogP contribution in [-0.2, 0) is 14.8 Å². The van der Waals surface area contributed by atoms with E-state index in [1.807, 2.05) is 6.92 Å². The molecule has 0 radical (unpaired) electrons. The van der Waals surface area contributed by atoms with Crippen molar-refractivity contribution in [2.45, 2.75) is 36.8 Å². The van der Waals surface area contributed by atoms with Crippen molar-refractivity contribution in [3.63, 3.8) is 0 Å². The van der Waals surface area contributed by atoms with Gasteiger partial charge in [0.25, 0.3) is 0 Å². The number of para-hydroxylation sites is 1.